The van der Waals surface area contributed by atoms with Gasteiger partial charge < -0.3 is 9.64 Å². The van der Waals surface area contributed by atoms with Gasteiger partial charge in [0.2, 0.25) is 0 Å². The average Bonchev–Trinajstić information content (AvgIpc) is 2.76. The lowest BCUT2D eigenvalue weighted by molar-refractivity contribution is -0.122. The van der Waals surface area contributed by atoms with Crippen molar-refractivity contribution < 1.29 is 9.53 Å². The summed E-state index contributed by atoms with van der Waals surface area (Å²) in [6.45, 7) is 1.07. The predicted molar refractivity (Wildman–Crippen MR) is 64.5 cm³/mol. The number of likely N-dealkylation sites (tertiary alicyclic amines) is 1. The van der Waals surface area contributed by atoms with Crippen LogP contribution in [0.3, 0.4) is 0 Å². The summed E-state index contributed by atoms with van der Waals surface area (Å²) in [6.07, 6.45) is 5.85. The highest BCUT2D eigenvalue weighted by Crippen LogP contribution is 2.20. The van der Waals surface area contributed by atoms with Gasteiger partial charge in [-0.2, -0.15) is 0 Å². The number of carbonyl (C=O) groups excluding carboxylic acids is 1. The second-order valence-corrected chi connectivity index (χ2v) is 4.30. The van der Waals surface area contributed by atoms with E-state index in [4.69, 9.17) is 17.0 Å². The Morgan fingerprint density at radius 2 is 2.12 bits per heavy atom. The number of rotatable bonds is 1. The number of thiocarbonyl (C=S) groups is 1. The molecule has 0 bridgehead atoms. The second kappa shape index (κ2) is 4.25. The number of nitrogens with zero attached hydrogens (tertiary/aromatic N) is 2. The summed E-state index contributed by atoms with van der Waals surface area (Å²) >= 11 is 4.88. The number of carbonyl (C=O) groups is 1. The maximum atomic E-state index is 11.6. The predicted octanol–water partition coefficient (Wildman–Crippen LogP) is 1.25. The second-order valence-electron chi connectivity index (χ2n) is 3.95. The molecule has 2 heterocycles. The molecule has 0 N–H and O–H groups in total. The van der Waals surface area contributed by atoms with Crippen LogP contribution in [-0.4, -0.2) is 41.5 Å². The first-order chi connectivity index (χ1) is 7.59. The summed E-state index contributed by atoms with van der Waals surface area (Å²) in [5, 5.41) is 0.217. The van der Waals surface area contributed by atoms with Crippen molar-refractivity contribution in [2.75, 3.05) is 20.6 Å². The quantitative estimate of drug-likeness (QED) is 0.508. The first kappa shape index (κ1) is 11.1. The highest BCUT2D eigenvalue weighted by molar-refractivity contribution is 7.80. The van der Waals surface area contributed by atoms with Crippen molar-refractivity contribution in [3.05, 3.63) is 23.6 Å². The molecule has 4 nitrogen and oxygen atoms in total. The SMILES string of the molecule is CN1C(=O)/C(=C/C=C2/CCCN2C)OC1=S. The zero-order valence-corrected chi connectivity index (χ0v) is 10.2. The zero-order valence-electron chi connectivity index (χ0n) is 9.40. The van der Waals surface area contributed by atoms with Gasteiger partial charge in [-0.15, -0.1) is 0 Å². The lowest BCUT2D eigenvalue weighted by atomic mass is 10.3. The van der Waals surface area contributed by atoms with Gasteiger partial charge in [-0.1, -0.05) is 0 Å². The van der Waals surface area contributed by atoms with Crippen LogP contribution in [-0.2, 0) is 9.53 Å². The minimum absolute atomic E-state index is 0.178. The lowest BCUT2D eigenvalue weighted by Crippen LogP contribution is -2.22. The molecule has 2 aliphatic heterocycles. The van der Waals surface area contributed by atoms with E-state index in [0.29, 0.717) is 5.76 Å². The summed E-state index contributed by atoms with van der Waals surface area (Å²) < 4.78 is 5.19. The Balaban J connectivity index is 2.14. The van der Waals surface area contributed by atoms with E-state index >= 15 is 0 Å². The van der Waals surface area contributed by atoms with Gasteiger partial charge >= 0.3 is 0 Å². The van der Waals surface area contributed by atoms with Gasteiger partial charge in [0.05, 0.1) is 0 Å². The molecular weight excluding hydrogens is 224 g/mol. The average molecular weight is 238 g/mol. The van der Waals surface area contributed by atoms with E-state index in [9.17, 15) is 4.79 Å². The van der Waals surface area contributed by atoms with Crippen LogP contribution in [0.15, 0.2) is 23.6 Å². The molecule has 0 aliphatic carbocycles. The fourth-order valence-electron chi connectivity index (χ4n) is 1.77. The van der Waals surface area contributed by atoms with Crippen LogP contribution in [0.25, 0.3) is 0 Å². The molecule has 0 aromatic rings. The molecule has 5 heteroatoms. The molecular formula is C11H14N2O2S. The molecule has 0 atom stereocenters. The van der Waals surface area contributed by atoms with Crippen LogP contribution in [0.1, 0.15) is 12.8 Å². The van der Waals surface area contributed by atoms with Crippen molar-refractivity contribution in [2.45, 2.75) is 12.8 Å². The van der Waals surface area contributed by atoms with Crippen LogP contribution < -0.4 is 0 Å². The standard InChI is InChI=1S/C11H14N2O2S/c1-12-7-3-4-8(12)5-6-9-10(14)13(2)11(16)15-9/h5-6H,3-4,7H2,1-2H3/b8-5-,9-6-. The topological polar surface area (TPSA) is 32.8 Å². The number of hydrogen-bond acceptors (Lipinski definition) is 4. The van der Waals surface area contributed by atoms with Crippen LogP contribution in [0, 0.1) is 0 Å². The lowest BCUT2D eigenvalue weighted by Gasteiger charge is -2.11. The Morgan fingerprint density at radius 1 is 1.38 bits per heavy atom. The molecule has 2 rings (SSSR count). The highest BCUT2D eigenvalue weighted by Gasteiger charge is 2.29. The summed E-state index contributed by atoms with van der Waals surface area (Å²) in [5.74, 6) is 0.128. The fourth-order valence-corrected chi connectivity index (χ4v) is 1.95. The third-order valence-corrected chi connectivity index (χ3v) is 3.19. The summed E-state index contributed by atoms with van der Waals surface area (Å²) in [4.78, 5) is 15.1. The van der Waals surface area contributed by atoms with Gasteiger partial charge in [-0.25, -0.2) is 0 Å². The van der Waals surface area contributed by atoms with E-state index in [1.807, 2.05) is 13.1 Å². The van der Waals surface area contributed by atoms with E-state index in [1.54, 1.807) is 13.1 Å². The molecule has 0 aromatic carbocycles. The first-order valence-electron chi connectivity index (χ1n) is 5.21. The van der Waals surface area contributed by atoms with E-state index < -0.39 is 0 Å². The van der Waals surface area contributed by atoms with Gasteiger partial charge in [0.15, 0.2) is 5.76 Å². The molecule has 86 valence electrons. The summed E-state index contributed by atoms with van der Waals surface area (Å²) in [5.41, 5.74) is 1.23. The van der Waals surface area contributed by atoms with Crippen molar-refractivity contribution in [3.63, 3.8) is 0 Å². The van der Waals surface area contributed by atoms with Gasteiger partial charge in [0, 0.05) is 26.3 Å². The van der Waals surface area contributed by atoms with E-state index in [2.05, 4.69) is 4.90 Å². The van der Waals surface area contributed by atoms with Crippen LogP contribution in [0.5, 0.6) is 0 Å². The maximum absolute atomic E-state index is 11.6. The molecule has 1 amide bonds. The molecule has 2 saturated heterocycles. The first-order valence-corrected chi connectivity index (χ1v) is 5.62. The molecule has 0 saturated carbocycles. The Hall–Kier alpha value is -1.36. The smallest absolute Gasteiger partial charge is 0.296 e. The molecule has 0 unspecified atom stereocenters. The molecule has 0 radical (unpaired) electrons. The van der Waals surface area contributed by atoms with E-state index in [1.165, 1.54) is 17.0 Å². The number of ether oxygens (including phenoxy) is 1. The number of allylic oxidation sites excluding steroid dienone is 3. The Bertz CT molecular complexity index is 401. The molecule has 0 spiro atoms. The third kappa shape index (κ3) is 1.95. The Morgan fingerprint density at radius 3 is 2.62 bits per heavy atom. The number of likely N-dealkylation sites (N-methyl/N-ethyl adjacent to an activating group) is 1. The van der Waals surface area contributed by atoms with Crippen LogP contribution >= 0.6 is 12.2 Å². The van der Waals surface area contributed by atoms with Crippen molar-refractivity contribution in [1.82, 2.24) is 9.80 Å². The van der Waals surface area contributed by atoms with Crippen molar-refractivity contribution >= 4 is 23.3 Å². The van der Waals surface area contributed by atoms with Crippen molar-refractivity contribution in [3.8, 4) is 0 Å². The fraction of sp³-hybridized carbons (Fsp3) is 0.455. The minimum atomic E-state index is -0.178. The van der Waals surface area contributed by atoms with Gasteiger partial charge in [-0.05, 0) is 37.2 Å². The minimum Gasteiger partial charge on any atom is -0.426 e. The normalized spacial score (nSPS) is 26.1. The van der Waals surface area contributed by atoms with Gasteiger partial charge in [0.1, 0.15) is 0 Å². The largest absolute Gasteiger partial charge is 0.426 e. The Labute approximate surface area is 100 Å². The van der Waals surface area contributed by atoms with Crippen molar-refractivity contribution in [2.24, 2.45) is 0 Å². The Kier molecular flexibility index (Phi) is 2.96. The third-order valence-electron chi connectivity index (χ3n) is 2.83. The van der Waals surface area contributed by atoms with Crippen molar-refractivity contribution in [1.29, 1.82) is 0 Å². The van der Waals surface area contributed by atoms with Gasteiger partial charge in [0.25, 0.3) is 11.1 Å². The van der Waals surface area contributed by atoms with Crippen LogP contribution in [0.2, 0.25) is 0 Å². The molecule has 16 heavy (non-hydrogen) atoms. The summed E-state index contributed by atoms with van der Waals surface area (Å²) in [6, 6.07) is 0. The molecule has 2 aliphatic rings. The maximum Gasteiger partial charge on any atom is 0.296 e. The van der Waals surface area contributed by atoms with Crippen LogP contribution in [0.4, 0.5) is 0 Å². The van der Waals surface area contributed by atoms with E-state index in [-0.39, 0.29) is 11.1 Å². The monoisotopic (exact) mass is 238 g/mol. The zero-order chi connectivity index (χ0) is 11.7. The highest BCUT2D eigenvalue weighted by atomic mass is 32.1. The number of amides is 1. The number of hydrogen-bond donors (Lipinski definition) is 0. The molecule has 0 aromatic heterocycles. The summed E-state index contributed by atoms with van der Waals surface area (Å²) in [7, 11) is 3.66. The van der Waals surface area contributed by atoms with E-state index in [0.717, 1.165) is 13.0 Å². The molecule has 2 fully saturated rings. The van der Waals surface area contributed by atoms with Gasteiger partial charge in [-0.3, -0.25) is 9.69 Å².